The van der Waals surface area contributed by atoms with Crippen molar-refractivity contribution in [3.05, 3.63) is 58.9 Å². The maximum atomic E-state index is 9.53. The number of benzene rings is 2. The number of aliphatic hydroxyl groups excluding tert-OH is 1. The maximum absolute atomic E-state index is 9.53. The summed E-state index contributed by atoms with van der Waals surface area (Å²) in [7, 11) is 1.61. The number of fused-ring (bicyclic) bond motifs is 3. The molecule has 3 N–H and O–H groups in total. The Morgan fingerprint density at radius 1 is 1.12 bits per heavy atom. The van der Waals surface area contributed by atoms with Crippen LogP contribution in [0.4, 0.5) is 5.82 Å². The van der Waals surface area contributed by atoms with Crippen molar-refractivity contribution in [2.24, 2.45) is 5.92 Å². The van der Waals surface area contributed by atoms with E-state index >= 15 is 0 Å². The third kappa shape index (κ3) is 4.51. The van der Waals surface area contributed by atoms with Crippen molar-refractivity contribution >= 4 is 49.1 Å². The number of thiophene rings is 1. The second-order valence-corrected chi connectivity index (χ2v) is 9.99. The van der Waals surface area contributed by atoms with E-state index in [1.807, 2.05) is 30.3 Å². The Bertz CT molecular complexity index is 1280. The quantitative estimate of drug-likeness (QED) is 0.305. The lowest BCUT2D eigenvalue weighted by atomic mass is 9.81. The van der Waals surface area contributed by atoms with Gasteiger partial charge in [0, 0.05) is 28.5 Å². The Balaban J connectivity index is 1.49. The zero-order chi connectivity index (χ0) is 22.9. The number of methoxy groups -OCH3 is 1. The molecule has 1 aliphatic rings. The summed E-state index contributed by atoms with van der Waals surface area (Å²) < 4.78 is 6.44. The van der Waals surface area contributed by atoms with Gasteiger partial charge in [-0.3, -0.25) is 0 Å². The molecule has 0 amide bonds. The van der Waals surface area contributed by atoms with Gasteiger partial charge in [-0.2, -0.15) is 0 Å². The molecule has 33 heavy (non-hydrogen) atoms. The van der Waals surface area contributed by atoms with Crippen molar-refractivity contribution < 1.29 is 14.9 Å². The minimum Gasteiger partial charge on any atom is -0.495 e. The third-order valence-corrected chi connectivity index (χ3v) is 7.85. The Morgan fingerprint density at radius 3 is 2.64 bits per heavy atom. The van der Waals surface area contributed by atoms with E-state index in [1.54, 1.807) is 18.4 Å². The first-order valence-corrected chi connectivity index (χ1v) is 12.3. The molecule has 8 heteroatoms. The molecule has 1 saturated carbocycles. The van der Waals surface area contributed by atoms with Crippen LogP contribution in [-0.4, -0.2) is 33.6 Å². The van der Waals surface area contributed by atoms with Crippen LogP contribution in [0.5, 0.6) is 5.75 Å². The molecule has 0 spiro atoms. The van der Waals surface area contributed by atoms with E-state index in [1.165, 1.54) is 4.70 Å². The van der Waals surface area contributed by atoms with E-state index in [2.05, 4.69) is 17.4 Å². The van der Waals surface area contributed by atoms with E-state index in [9.17, 15) is 10.2 Å². The molecule has 4 aromatic rings. The molecule has 172 valence electrons. The number of nitrogens with zero attached hydrogens (tertiary/aromatic N) is 2. The maximum Gasteiger partial charge on any atom is 0.154 e. The Labute approximate surface area is 201 Å². The molecule has 2 aromatic heterocycles. The first kappa shape index (κ1) is 22.3. The normalized spacial score (nSPS) is 18.8. The topological polar surface area (TPSA) is 87.5 Å². The number of rotatable bonds is 6. The van der Waals surface area contributed by atoms with Crippen LogP contribution in [0.3, 0.4) is 0 Å². The molecule has 6 nitrogen and oxygen atoms in total. The molecule has 1 aliphatic carbocycles. The molecule has 5 rings (SSSR count). The molecule has 0 saturated heterocycles. The zero-order valence-corrected chi connectivity index (χ0v) is 19.9. The monoisotopic (exact) mass is 483 g/mol. The molecule has 0 bridgehead atoms. The van der Waals surface area contributed by atoms with Crippen LogP contribution < -0.4 is 10.1 Å². The van der Waals surface area contributed by atoms with Gasteiger partial charge in [0.05, 0.1) is 17.5 Å². The smallest absolute Gasteiger partial charge is 0.154 e. The molecule has 0 radical (unpaired) electrons. The van der Waals surface area contributed by atoms with Gasteiger partial charge in [-0.15, -0.1) is 11.3 Å². The van der Waals surface area contributed by atoms with Gasteiger partial charge in [0.15, 0.2) is 6.29 Å². The van der Waals surface area contributed by atoms with Gasteiger partial charge in [-0.05, 0) is 49.4 Å². The fourth-order valence-corrected chi connectivity index (χ4v) is 5.99. The largest absolute Gasteiger partial charge is 0.495 e. The van der Waals surface area contributed by atoms with Crippen LogP contribution >= 0.6 is 22.9 Å². The standard InChI is InChI=1S/C25H26ClN3O3S/c1-32-19-11-6-14(12-18(19)26)13-27-23-21-17-4-2-3-5-20(17)33-24(21)29-22(28-23)15-7-9-16(10-8-15)25(30)31/h2-6,11-12,15-16,25,30-31H,7-10,13H2,1H3,(H,27,28,29). The number of ether oxygens (including phenoxy) is 1. The molecular weight excluding hydrogens is 458 g/mol. The van der Waals surface area contributed by atoms with Crippen LogP contribution in [0, 0.1) is 5.92 Å². The summed E-state index contributed by atoms with van der Waals surface area (Å²) in [6.07, 6.45) is 2.00. The first-order chi connectivity index (χ1) is 16.0. The van der Waals surface area contributed by atoms with E-state index in [4.69, 9.17) is 26.3 Å². The van der Waals surface area contributed by atoms with Gasteiger partial charge in [0.1, 0.15) is 22.2 Å². The summed E-state index contributed by atoms with van der Waals surface area (Å²) in [5.74, 6) is 2.45. The van der Waals surface area contributed by atoms with E-state index in [0.29, 0.717) is 17.3 Å². The van der Waals surface area contributed by atoms with Crippen LogP contribution in [0.15, 0.2) is 42.5 Å². The second-order valence-electron chi connectivity index (χ2n) is 8.56. The lowest BCUT2D eigenvalue weighted by Gasteiger charge is -2.28. The van der Waals surface area contributed by atoms with Gasteiger partial charge in [0.25, 0.3) is 0 Å². The van der Waals surface area contributed by atoms with Crippen molar-refractivity contribution in [2.45, 2.75) is 44.4 Å². The highest BCUT2D eigenvalue weighted by Gasteiger charge is 2.28. The van der Waals surface area contributed by atoms with Crippen LogP contribution in [-0.2, 0) is 6.54 Å². The third-order valence-electron chi connectivity index (χ3n) is 6.49. The zero-order valence-electron chi connectivity index (χ0n) is 18.3. The summed E-state index contributed by atoms with van der Waals surface area (Å²) >= 11 is 8.00. The fraction of sp³-hybridized carbons (Fsp3) is 0.360. The predicted molar refractivity (Wildman–Crippen MR) is 133 cm³/mol. The Morgan fingerprint density at radius 2 is 1.91 bits per heavy atom. The number of halogens is 1. The van der Waals surface area contributed by atoms with Crippen molar-refractivity contribution in [2.75, 3.05) is 12.4 Å². The molecule has 0 atom stereocenters. The van der Waals surface area contributed by atoms with E-state index < -0.39 is 6.29 Å². The summed E-state index contributed by atoms with van der Waals surface area (Å²) in [6.45, 7) is 0.572. The predicted octanol–water partition coefficient (Wildman–Crippen LogP) is 5.70. The molecule has 2 aromatic carbocycles. The minimum absolute atomic E-state index is 0.0632. The number of anilines is 1. The Kier molecular flexibility index (Phi) is 6.38. The average molecular weight is 484 g/mol. The minimum atomic E-state index is -1.24. The van der Waals surface area contributed by atoms with Gasteiger partial charge in [0.2, 0.25) is 0 Å². The van der Waals surface area contributed by atoms with Crippen molar-refractivity contribution in [3.8, 4) is 5.75 Å². The molecule has 0 aliphatic heterocycles. The van der Waals surface area contributed by atoms with Crippen LogP contribution in [0.2, 0.25) is 5.02 Å². The van der Waals surface area contributed by atoms with Crippen LogP contribution in [0.25, 0.3) is 20.3 Å². The van der Waals surface area contributed by atoms with E-state index in [0.717, 1.165) is 58.5 Å². The molecule has 0 unspecified atom stereocenters. The summed E-state index contributed by atoms with van der Waals surface area (Å²) in [4.78, 5) is 10.9. The highest BCUT2D eigenvalue weighted by atomic mass is 35.5. The number of hydrogen-bond acceptors (Lipinski definition) is 7. The van der Waals surface area contributed by atoms with Crippen LogP contribution in [0.1, 0.15) is 43.0 Å². The van der Waals surface area contributed by atoms with Crippen molar-refractivity contribution in [3.63, 3.8) is 0 Å². The highest BCUT2D eigenvalue weighted by molar-refractivity contribution is 7.25. The van der Waals surface area contributed by atoms with Gasteiger partial charge >= 0.3 is 0 Å². The summed E-state index contributed by atoms with van der Waals surface area (Å²) in [5.41, 5.74) is 1.03. The molecule has 2 heterocycles. The van der Waals surface area contributed by atoms with Gasteiger partial charge in [-0.25, -0.2) is 9.97 Å². The number of nitrogens with one attached hydrogen (secondary N) is 1. The van der Waals surface area contributed by atoms with Gasteiger partial charge in [-0.1, -0.05) is 35.9 Å². The molecule has 1 fully saturated rings. The number of hydrogen-bond donors (Lipinski definition) is 3. The highest BCUT2D eigenvalue weighted by Crippen LogP contribution is 2.40. The average Bonchev–Trinajstić information content (AvgIpc) is 3.21. The van der Waals surface area contributed by atoms with Crippen molar-refractivity contribution in [1.82, 2.24) is 9.97 Å². The SMILES string of the molecule is COc1ccc(CNc2nc(C3CCC(C(O)O)CC3)nc3sc4ccccc4c23)cc1Cl. The second kappa shape index (κ2) is 9.43. The lowest BCUT2D eigenvalue weighted by molar-refractivity contribution is -0.0939. The summed E-state index contributed by atoms with van der Waals surface area (Å²) in [6, 6.07) is 14.1. The fourth-order valence-electron chi connectivity index (χ4n) is 4.63. The first-order valence-electron chi connectivity index (χ1n) is 11.1. The van der Waals surface area contributed by atoms with Gasteiger partial charge < -0.3 is 20.3 Å². The van der Waals surface area contributed by atoms with E-state index in [-0.39, 0.29) is 11.8 Å². The number of aliphatic hydroxyl groups is 2. The lowest BCUT2D eigenvalue weighted by Crippen LogP contribution is -2.25. The Hall–Kier alpha value is -2.45. The molecular formula is C25H26ClN3O3S. The van der Waals surface area contributed by atoms with Crippen molar-refractivity contribution in [1.29, 1.82) is 0 Å². The summed E-state index contributed by atoms with van der Waals surface area (Å²) in [5, 5.41) is 25.4. The number of aromatic nitrogens is 2.